The van der Waals surface area contributed by atoms with Crippen molar-refractivity contribution in [3.05, 3.63) is 58.2 Å². The quantitative estimate of drug-likeness (QED) is 0.898. The highest BCUT2D eigenvalue weighted by Crippen LogP contribution is 2.35. The number of anilines is 1. The zero-order valence-corrected chi connectivity index (χ0v) is 11.5. The average molecular weight is 273 g/mol. The van der Waals surface area contributed by atoms with Gasteiger partial charge in [0.1, 0.15) is 5.82 Å². The van der Waals surface area contributed by atoms with Crippen LogP contribution in [0.25, 0.3) is 0 Å². The molecule has 0 aliphatic heterocycles. The number of halogens is 1. The lowest BCUT2D eigenvalue weighted by molar-refractivity contribution is 0.550. The van der Waals surface area contributed by atoms with Gasteiger partial charge in [-0.1, -0.05) is 35.9 Å². The van der Waals surface area contributed by atoms with Crippen LogP contribution in [0.1, 0.15) is 35.4 Å². The number of aromatic nitrogens is 1. The predicted octanol–water partition coefficient (Wildman–Crippen LogP) is 3.98. The van der Waals surface area contributed by atoms with E-state index >= 15 is 0 Å². The lowest BCUT2D eigenvalue weighted by Gasteiger charge is -2.25. The van der Waals surface area contributed by atoms with E-state index in [0.717, 1.165) is 12.0 Å². The number of fused-ring (bicyclic) bond motifs is 1. The van der Waals surface area contributed by atoms with Crippen molar-refractivity contribution >= 4 is 17.4 Å². The fourth-order valence-electron chi connectivity index (χ4n) is 2.99. The highest BCUT2D eigenvalue weighted by Gasteiger charge is 2.21. The van der Waals surface area contributed by atoms with Crippen LogP contribution in [0.4, 0.5) is 5.82 Å². The van der Waals surface area contributed by atoms with Gasteiger partial charge in [0.05, 0.1) is 5.02 Å². The minimum Gasteiger partial charge on any atom is -0.383 e. The van der Waals surface area contributed by atoms with Gasteiger partial charge in [-0.25, -0.2) is 4.98 Å². The number of nitrogens with two attached hydrogens (primary N) is 1. The summed E-state index contributed by atoms with van der Waals surface area (Å²) in [5.74, 6) is 1.14. The van der Waals surface area contributed by atoms with Crippen molar-refractivity contribution < 1.29 is 0 Å². The van der Waals surface area contributed by atoms with E-state index in [4.69, 9.17) is 17.3 Å². The molecule has 0 saturated carbocycles. The summed E-state index contributed by atoms with van der Waals surface area (Å²) >= 11 is 6.02. The molecule has 1 aliphatic rings. The summed E-state index contributed by atoms with van der Waals surface area (Å²) in [5.41, 5.74) is 9.97. The topological polar surface area (TPSA) is 38.9 Å². The van der Waals surface area contributed by atoms with Crippen molar-refractivity contribution in [2.24, 2.45) is 0 Å². The van der Waals surface area contributed by atoms with Gasteiger partial charge in [0.2, 0.25) is 0 Å². The van der Waals surface area contributed by atoms with Crippen LogP contribution < -0.4 is 5.73 Å². The fourth-order valence-corrected chi connectivity index (χ4v) is 3.17. The molecule has 19 heavy (non-hydrogen) atoms. The standard InChI is InChI=1S/C16H17ClN2/c17-14-9-13(16(18)19-10-14)8-12-6-3-5-11-4-1-2-7-15(11)12/h1-2,4,7,9-10,12H,3,5-6,8H2,(H2,18,19). The second-order valence-corrected chi connectivity index (χ2v) is 5.63. The van der Waals surface area contributed by atoms with E-state index in [0.29, 0.717) is 16.8 Å². The van der Waals surface area contributed by atoms with Crippen LogP contribution in [0.15, 0.2) is 36.5 Å². The van der Waals surface area contributed by atoms with Crippen LogP contribution in [0, 0.1) is 0 Å². The van der Waals surface area contributed by atoms with Crippen LogP contribution >= 0.6 is 11.6 Å². The summed E-state index contributed by atoms with van der Waals surface area (Å²) < 4.78 is 0. The summed E-state index contributed by atoms with van der Waals surface area (Å²) in [6, 6.07) is 10.7. The Morgan fingerprint density at radius 2 is 2.16 bits per heavy atom. The molecule has 1 unspecified atom stereocenters. The molecule has 0 amide bonds. The molecule has 2 aromatic rings. The molecule has 3 rings (SSSR count). The number of rotatable bonds is 2. The molecule has 0 bridgehead atoms. The first kappa shape index (κ1) is 12.5. The Balaban J connectivity index is 1.90. The molecule has 1 aromatic carbocycles. The molecular weight excluding hydrogens is 256 g/mol. The minimum absolute atomic E-state index is 0.535. The third kappa shape index (κ3) is 2.59. The predicted molar refractivity (Wildman–Crippen MR) is 79.5 cm³/mol. The van der Waals surface area contributed by atoms with Crippen molar-refractivity contribution in [3.63, 3.8) is 0 Å². The molecular formula is C16H17ClN2. The van der Waals surface area contributed by atoms with E-state index in [2.05, 4.69) is 29.2 Å². The first-order valence-corrected chi connectivity index (χ1v) is 7.09. The summed E-state index contributed by atoms with van der Waals surface area (Å²) in [6.45, 7) is 0. The molecule has 1 heterocycles. The number of aryl methyl sites for hydroxylation is 1. The maximum absolute atomic E-state index is 6.02. The van der Waals surface area contributed by atoms with E-state index in [1.165, 1.54) is 30.4 Å². The Kier molecular flexibility index (Phi) is 3.43. The van der Waals surface area contributed by atoms with E-state index in [1.54, 1.807) is 6.20 Å². The first-order valence-electron chi connectivity index (χ1n) is 6.72. The first-order chi connectivity index (χ1) is 9.24. The third-order valence-corrected chi connectivity index (χ3v) is 4.13. The normalized spacial score (nSPS) is 18.1. The van der Waals surface area contributed by atoms with Crippen LogP contribution in [-0.2, 0) is 12.8 Å². The maximum Gasteiger partial charge on any atom is 0.126 e. The Bertz CT molecular complexity index is 595. The van der Waals surface area contributed by atoms with E-state index in [-0.39, 0.29) is 0 Å². The summed E-state index contributed by atoms with van der Waals surface area (Å²) in [6.07, 6.45) is 6.18. The van der Waals surface area contributed by atoms with Gasteiger partial charge in [-0.05, 0) is 54.4 Å². The number of pyridine rings is 1. The monoisotopic (exact) mass is 272 g/mol. The highest BCUT2D eigenvalue weighted by molar-refractivity contribution is 6.30. The number of hydrogen-bond donors (Lipinski definition) is 1. The van der Waals surface area contributed by atoms with Crippen molar-refractivity contribution in [1.82, 2.24) is 4.98 Å². The van der Waals surface area contributed by atoms with E-state index in [9.17, 15) is 0 Å². The molecule has 0 radical (unpaired) electrons. The number of hydrogen-bond acceptors (Lipinski definition) is 2. The van der Waals surface area contributed by atoms with Crippen molar-refractivity contribution in [3.8, 4) is 0 Å². The second kappa shape index (κ2) is 5.22. The molecule has 98 valence electrons. The molecule has 0 spiro atoms. The molecule has 1 aromatic heterocycles. The third-order valence-electron chi connectivity index (χ3n) is 3.93. The van der Waals surface area contributed by atoms with Gasteiger partial charge in [-0.3, -0.25) is 0 Å². The van der Waals surface area contributed by atoms with Crippen LogP contribution in [-0.4, -0.2) is 4.98 Å². The van der Waals surface area contributed by atoms with Crippen LogP contribution in [0.5, 0.6) is 0 Å². The van der Waals surface area contributed by atoms with Gasteiger partial charge >= 0.3 is 0 Å². The van der Waals surface area contributed by atoms with Gasteiger partial charge in [-0.15, -0.1) is 0 Å². The fraction of sp³-hybridized carbons (Fsp3) is 0.312. The van der Waals surface area contributed by atoms with Gasteiger partial charge in [0.25, 0.3) is 0 Å². The summed E-state index contributed by atoms with van der Waals surface area (Å²) in [7, 11) is 0. The SMILES string of the molecule is Nc1ncc(Cl)cc1CC1CCCc2ccccc21. The van der Waals surface area contributed by atoms with Gasteiger partial charge in [0.15, 0.2) is 0 Å². The van der Waals surface area contributed by atoms with Crippen molar-refractivity contribution in [2.75, 3.05) is 5.73 Å². The molecule has 2 nitrogen and oxygen atoms in total. The Morgan fingerprint density at radius 1 is 1.32 bits per heavy atom. The van der Waals surface area contributed by atoms with Crippen LogP contribution in [0.3, 0.4) is 0 Å². The summed E-state index contributed by atoms with van der Waals surface area (Å²) in [4.78, 5) is 4.15. The lowest BCUT2D eigenvalue weighted by atomic mass is 9.80. The molecule has 2 N–H and O–H groups in total. The Hall–Kier alpha value is -1.54. The molecule has 1 aliphatic carbocycles. The highest BCUT2D eigenvalue weighted by atomic mass is 35.5. The zero-order valence-electron chi connectivity index (χ0n) is 10.8. The Morgan fingerprint density at radius 3 is 3.05 bits per heavy atom. The van der Waals surface area contributed by atoms with Gasteiger partial charge in [-0.2, -0.15) is 0 Å². The molecule has 0 fully saturated rings. The zero-order chi connectivity index (χ0) is 13.2. The number of benzene rings is 1. The average Bonchev–Trinajstić information content (AvgIpc) is 2.43. The van der Waals surface area contributed by atoms with Crippen molar-refractivity contribution in [2.45, 2.75) is 31.6 Å². The van der Waals surface area contributed by atoms with E-state index in [1.807, 2.05) is 6.07 Å². The molecule has 1 atom stereocenters. The largest absolute Gasteiger partial charge is 0.383 e. The van der Waals surface area contributed by atoms with Gasteiger partial charge in [0, 0.05) is 6.20 Å². The van der Waals surface area contributed by atoms with E-state index < -0.39 is 0 Å². The van der Waals surface area contributed by atoms with Crippen molar-refractivity contribution in [1.29, 1.82) is 0 Å². The minimum atomic E-state index is 0.535. The second-order valence-electron chi connectivity index (χ2n) is 5.19. The molecule has 0 saturated heterocycles. The smallest absolute Gasteiger partial charge is 0.126 e. The lowest BCUT2D eigenvalue weighted by Crippen LogP contribution is -2.13. The molecule has 3 heteroatoms. The number of nitrogen functional groups attached to an aromatic ring is 1. The van der Waals surface area contributed by atoms with Crippen LogP contribution in [0.2, 0.25) is 5.02 Å². The van der Waals surface area contributed by atoms with Gasteiger partial charge < -0.3 is 5.73 Å². The maximum atomic E-state index is 6.02. The summed E-state index contributed by atoms with van der Waals surface area (Å²) in [5, 5.41) is 0.660. The number of nitrogens with zero attached hydrogens (tertiary/aromatic N) is 1. The Labute approximate surface area is 118 Å².